The summed E-state index contributed by atoms with van der Waals surface area (Å²) in [6.45, 7) is 9.28. The molecule has 1 atom stereocenters. The molecule has 1 aromatic carbocycles. The summed E-state index contributed by atoms with van der Waals surface area (Å²) in [6.07, 6.45) is 0. The van der Waals surface area contributed by atoms with Gasteiger partial charge in [-0.2, -0.15) is 5.10 Å². The van der Waals surface area contributed by atoms with Crippen molar-refractivity contribution in [2.75, 3.05) is 7.11 Å². The van der Waals surface area contributed by atoms with Gasteiger partial charge in [0.1, 0.15) is 0 Å². The number of nitrogens with zero attached hydrogens (tertiary/aromatic N) is 4. The number of H-pyrrole nitrogens is 1. The predicted molar refractivity (Wildman–Crippen MR) is 117 cm³/mol. The lowest BCUT2D eigenvalue weighted by Crippen LogP contribution is -2.19. The summed E-state index contributed by atoms with van der Waals surface area (Å²) in [4.78, 5) is 17.8. The highest BCUT2D eigenvalue weighted by molar-refractivity contribution is 5.79. The summed E-state index contributed by atoms with van der Waals surface area (Å²) < 4.78 is 8.86. The molecule has 7 heteroatoms. The largest absolute Gasteiger partial charge is 0.378 e. The third-order valence-corrected chi connectivity index (χ3v) is 5.76. The van der Waals surface area contributed by atoms with Crippen molar-refractivity contribution in [2.45, 2.75) is 46.8 Å². The van der Waals surface area contributed by atoms with Gasteiger partial charge in [-0.3, -0.25) is 14.6 Å². The minimum Gasteiger partial charge on any atom is -0.378 e. The molecule has 4 aromatic rings. The van der Waals surface area contributed by atoms with Gasteiger partial charge >= 0.3 is 0 Å². The topological polar surface area (TPSA) is 77.2 Å². The SMILES string of the molecule is COCc1[nH]n2c(=O)cc(C(C)Cn3nc(C)c(C)c3C)nc2c1-c1ccccc1. The molecule has 0 fully saturated rings. The van der Waals surface area contributed by atoms with Crippen molar-refractivity contribution in [1.29, 1.82) is 0 Å². The molecule has 3 aromatic heterocycles. The molecule has 0 aliphatic heterocycles. The number of hydrogen-bond acceptors (Lipinski definition) is 4. The Morgan fingerprint density at radius 3 is 2.53 bits per heavy atom. The van der Waals surface area contributed by atoms with Crippen LogP contribution in [0.25, 0.3) is 16.8 Å². The zero-order valence-corrected chi connectivity index (χ0v) is 18.1. The van der Waals surface area contributed by atoms with Gasteiger partial charge in [-0.1, -0.05) is 37.3 Å². The molecule has 0 radical (unpaired) electrons. The number of rotatable bonds is 6. The lowest BCUT2D eigenvalue weighted by Gasteiger charge is -2.13. The van der Waals surface area contributed by atoms with Crippen molar-refractivity contribution in [3.05, 3.63) is 75.1 Å². The number of aromatic nitrogens is 5. The van der Waals surface area contributed by atoms with Crippen LogP contribution < -0.4 is 5.56 Å². The second-order valence-corrected chi connectivity index (χ2v) is 7.82. The zero-order valence-electron chi connectivity index (χ0n) is 18.1. The second kappa shape index (κ2) is 7.91. The molecule has 156 valence electrons. The van der Waals surface area contributed by atoms with E-state index in [0.29, 0.717) is 18.8 Å². The zero-order chi connectivity index (χ0) is 21.4. The first-order chi connectivity index (χ1) is 14.4. The summed E-state index contributed by atoms with van der Waals surface area (Å²) >= 11 is 0. The van der Waals surface area contributed by atoms with Crippen LogP contribution >= 0.6 is 0 Å². The average Bonchev–Trinajstić information content (AvgIpc) is 3.22. The maximum absolute atomic E-state index is 12.9. The van der Waals surface area contributed by atoms with Crippen molar-refractivity contribution in [3.8, 4) is 11.1 Å². The second-order valence-electron chi connectivity index (χ2n) is 7.82. The van der Waals surface area contributed by atoms with Gasteiger partial charge < -0.3 is 4.74 Å². The summed E-state index contributed by atoms with van der Waals surface area (Å²) in [6, 6.07) is 11.6. The number of hydrogen-bond donors (Lipinski definition) is 1. The molecule has 0 saturated carbocycles. The first-order valence-corrected chi connectivity index (χ1v) is 10.1. The third-order valence-electron chi connectivity index (χ3n) is 5.76. The Bertz CT molecular complexity index is 1250. The normalized spacial score (nSPS) is 12.6. The molecule has 0 aliphatic carbocycles. The fourth-order valence-electron chi connectivity index (χ4n) is 3.83. The van der Waals surface area contributed by atoms with E-state index in [9.17, 15) is 4.79 Å². The number of aromatic amines is 1. The van der Waals surface area contributed by atoms with E-state index in [2.05, 4.69) is 31.0 Å². The first-order valence-electron chi connectivity index (χ1n) is 10.1. The van der Waals surface area contributed by atoms with Crippen molar-refractivity contribution in [1.82, 2.24) is 24.4 Å². The Hall–Kier alpha value is -3.19. The Balaban J connectivity index is 1.82. The Labute approximate surface area is 175 Å². The van der Waals surface area contributed by atoms with Gasteiger partial charge in [0.2, 0.25) is 0 Å². The van der Waals surface area contributed by atoms with E-state index in [-0.39, 0.29) is 11.5 Å². The van der Waals surface area contributed by atoms with Crippen LogP contribution in [-0.2, 0) is 17.9 Å². The highest BCUT2D eigenvalue weighted by atomic mass is 16.5. The maximum Gasteiger partial charge on any atom is 0.272 e. The van der Waals surface area contributed by atoms with Gasteiger partial charge in [0.05, 0.1) is 23.7 Å². The van der Waals surface area contributed by atoms with E-state index in [4.69, 9.17) is 9.72 Å². The van der Waals surface area contributed by atoms with Gasteiger partial charge in [0.25, 0.3) is 5.56 Å². The molecule has 1 N–H and O–H groups in total. The summed E-state index contributed by atoms with van der Waals surface area (Å²) in [7, 11) is 1.64. The fraction of sp³-hybridized carbons (Fsp3) is 0.348. The fourth-order valence-corrected chi connectivity index (χ4v) is 3.83. The highest BCUT2D eigenvalue weighted by Gasteiger charge is 2.20. The predicted octanol–water partition coefficient (Wildman–Crippen LogP) is 3.76. The van der Waals surface area contributed by atoms with E-state index in [1.165, 1.54) is 10.1 Å². The van der Waals surface area contributed by atoms with Crippen molar-refractivity contribution >= 4 is 5.65 Å². The van der Waals surface area contributed by atoms with Crippen molar-refractivity contribution in [2.24, 2.45) is 0 Å². The van der Waals surface area contributed by atoms with Gasteiger partial charge in [0.15, 0.2) is 5.65 Å². The molecule has 4 rings (SSSR count). The van der Waals surface area contributed by atoms with Crippen LogP contribution in [0.3, 0.4) is 0 Å². The molecule has 0 spiro atoms. The van der Waals surface area contributed by atoms with Gasteiger partial charge in [-0.25, -0.2) is 9.50 Å². The van der Waals surface area contributed by atoms with Gasteiger partial charge in [0, 0.05) is 36.9 Å². The summed E-state index contributed by atoms with van der Waals surface area (Å²) in [5.41, 5.74) is 7.33. The third kappa shape index (κ3) is 3.45. The van der Waals surface area contributed by atoms with Crippen molar-refractivity contribution in [3.63, 3.8) is 0 Å². The smallest absolute Gasteiger partial charge is 0.272 e. The Morgan fingerprint density at radius 1 is 1.17 bits per heavy atom. The quantitative estimate of drug-likeness (QED) is 0.530. The van der Waals surface area contributed by atoms with Crippen LogP contribution in [0.1, 0.15) is 41.2 Å². The number of benzene rings is 1. The molecule has 1 unspecified atom stereocenters. The van der Waals surface area contributed by atoms with E-state index < -0.39 is 0 Å². The van der Waals surface area contributed by atoms with Crippen molar-refractivity contribution < 1.29 is 4.74 Å². The average molecular weight is 406 g/mol. The molecule has 3 heterocycles. The first kappa shape index (κ1) is 20.1. The van der Waals surface area contributed by atoms with Crippen LogP contribution in [0.5, 0.6) is 0 Å². The summed E-state index contributed by atoms with van der Waals surface area (Å²) in [5.74, 6) is 0.0319. The lowest BCUT2D eigenvalue weighted by molar-refractivity contribution is 0.181. The monoisotopic (exact) mass is 405 g/mol. The molecule has 0 aliphatic rings. The molecule has 0 amide bonds. The number of ether oxygens (including phenoxy) is 1. The number of nitrogens with one attached hydrogen (secondary N) is 1. The van der Waals surface area contributed by atoms with E-state index in [0.717, 1.165) is 33.9 Å². The van der Waals surface area contributed by atoms with E-state index >= 15 is 0 Å². The maximum atomic E-state index is 12.9. The number of methoxy groups -OCH3 is 1. The Morgan fingerprint density at radius 2 is 1.90 bits per heavy atom. The van der Waals surface area contributed by atoms with E-state index in [1.807, 2.05) is 41.9 Å². The molecule has 30 heavy (non-hydrogen) atoms. The number of fused-ring (bicyclic) bond motifs is 1. The summed E-state index contributed by atoms with van der Waals surface area (Å²) in [5, 5.41) is 7.80. The highest BCUT2D eigenvalue weighted by Crippen LogP contribution is 2.28. The molecule has 0 bridgehead atoms. The van der Waals surface area contributed by atoms with E-state index in [1.54, 1.807) is 13.2 Å². The lowest BCUT2D eigenvalue weighted by atomic mass is 10.0. The van der Waals surface area contributed by atoms with Crippen LogP contribution in [0, 0.1) is 20.8 Å². The van der Waals surface area contributed by atoms with Crippen LogP contribution in [0.15, 0.2) is 41.2 Å². The molecule has 0 saturated heterocycles. The molecular formula is C23H27N5O2. The minimum atomic E-state index is -0.133. The van der Waals surface area contributed by atoms with Crippen LogP contribution in [0.2, 0.25) is 0 Å². The minimum absolute atomic E-state index is 0.0319. The standard InChI is InChI=1S/C23H27N5O2/c1-14(12-27-17(4)15(2)16(3)25-27)19-11-21(29)28-23(24-19)22(20(26-28)13-30-5)18-9-7-6-8-10-18/h6-11,14,26H,12-13H2,1-5H3. The van der Waals surface area contributed by atoms with Gasteiger partial charge in [-0.05, 0) is 31.9 Å². The van der Waals surface area contributed by atoms with Crippen LogP contribution in [0.4, 0.5) is 0 Å². The Kier molecular flexibility index (Phi) is 5.30. The molecular weight excluding hydrogens is 378 g/mol. The molecule has 7 nitrogen and oxygen atoms in total. The van der Waals surface area contributed by atoms with Gasteiger partial charge in [-0.15, -0.1) is 0 Å². The number of aryl methyl sites for hydroxylation is 1. The van der Waals surface area contributed by atoms with Crippen LogP contribution in [-0.4, -0.2) is 31.5 Å².